The Morgan fingerprint density at radius 2 is 2.12 bits per heavy atom. The summed E-state index contributed by atoms with van der Waals surface area (Å²) in [5, 5.41) is 0.597. The van der Waals surface area contributed by atoms with E-state index < -0.39 is 11.9 Å². The van der Waals surface area contributed by atoms with Gasteiger partial charge in [0.1, 0.15) is 0 Å². The van der Waals surface area contributed by atoms with Crippen molar-refractivity contribution in [3.05, 3.63) is 34.9 Å². The van der Waals surface area contributed by atoms with Gasteiger partial charge in [0, 0.05) is 18.6 Å². The van der Waals surface area contributed by atoms with E-state index in [9.17, 15) is 9.59 Å². The number of rotatable bonds is 3. The molecule has 1 aromatic rings. The normalized spacial score (nSPS) is 9.82. The topological polar surface area (TPSA) is 46.6 Å². The molecule has 1 amide bonds. The minimum atomic E-state index is -0.836. The van der Waals surface area contributed by atoms with Gasteiger partial charge in [0.15, 0.2) is 0 Å². The maximum absolute atomic E-state index is 11.5. The molecule has 4 nitrogen and oxygen atoms in total. The van der Waals surface area contributed by atoms with Gasteiger partial charge in [0.05, 0.1) is 6.61 Å². The molecule has 0 aromatic heterocycles. The van der Waals surface area contributed by atoms with Crippen LogP contribution in [0.2, 0.25) is 5.02 Å². The van der Waals surface area contributed by atoms with Gasteiger partial charge in [-0.05, 0) is 24.6 Å². The van der Waals surface area contributed by atoms with Crippen LogP contribution in [0.15, 0.2) is 24.3 Å². The molecule has 0 N–H and O–H groups in total. The number of hydrogen-bond donors (Lipinski definition) is 0. The molecule has 0 spiro atoms. The molecule has 92 valence electrons. The monoisotopic (exact) mass is 255 g/mol. The first-order valence-electron chi connectivity index (χ1n) is 5.21. The molecule has 0 aliphatic rings. The van der Waals surface area contributed by atoms with Gasteiger partial charge in [-0.15, -0.1) is 0 Å². The summed E-state index contributed by atoms with van der Waals surface area (Å²) in [6.45, 7) is 2.16. The second kappa shape index (κ2) is 6.25. The van der Waals surface area contributed by atoms with E-state index in [0.717, 1.165) is 5.56 Å². The summed E-state index contributed by atoms with van der Waals surface area (Å²) in [6.07, 6.45) is 0. The minimum Gasteiger partial charge on any atom is -0.459 e. The Balaban J connectivity index is 2.63. The van der Waals surface area contributed by atoms with Crippen LogP contribution in [0, 0.1) is 0 Å². The number of likely N-dealkylation sites (N-methyl/N-ethyl adjacent to an activating group) is 1. The van der Waals surface area contributed by atoms with E-state index in [1.807, 2.05) is 6.07 Å². The number of ether oxygens (including phenoxy) is 1. The van der Waals surface area contributed by atoms with Gasteiger partial charge in [0.2, 0.25) is 0 Å². The van der Waals surface area contributed by atoms with Crippen LogP contribution in [0.5, 0.6) is 0 Å². The minimum absolute atomic E-state index is 0.190. The third-order valence-electron chi connectivity index (χ3n) is 2.11. The fourth-order valence-electron chi connectivity index (χ4n) is 1.33. The fourth-order valence-corrected chi connectivity index (χ4v) is 1.54. The Labute approximate surface area is 105 Å². The number of benzene rings is 1. The van der Waals surface area contributed by atoms with E-state index in [1.54, 1.807) is 32.2 Å². The molecule has 0 heterocycles. The van der Waals surface area contributed by atoms with Gasteiger partial charge in [-0.25, -0.2) is 4.79 Å². The van der Waals surface area contributed by atoms with Crippen LogP contribution >= 0.6 is 11.6 Å². The van der Waals surface area contributed by atoms with Crippen molar-refractivity contribution in [3.63, 3.8) is 0 Å². The van der Waals surface area contributed by atoms with Crippen molar-refractivity contribution in [3.8, 4) is 0 Å². The van der Waals surface area contributed by atoms with Gasteiger partial charge in [-0.1, -0.05) is 23.7 Å². The highest BCUT2D eigenvalue weighted by molar-refractivity contribution is 6.32. The van der Waals surface area contributed by atoms with Gasteiger partial charge in [-0.3, -0.25) is 4.79 Å². The molecule has 0 aliphatic heterocycles. The molecule has 0 fully saturated rings. The summed E-state index contributed by atoms with van der Waals surface area (Å²) in [6, 6.07) is 7.12. The number of amides is 1. The molecular weight excluding hydrogens is 242 g/mol. The molecule has 0 saturated carbocycles. The van der Waals surface area contributed by atoms with E-state index in [2.05, 4.69) is 4.74 Å². The van der Waals surface area contributed by atoms with Crippen molar-refractivity contribution in [2.45, 2.75) is 13.5 Å². The molecule has 17 heavy (non-hydrogen) atoms. The number of halogens is 1. The van der Waals surface area contributed by atoms with E-state index in [4.69, 9.17) is 11.6 Å². The average molecular weight is 256 g/mol. The number of carbonyl (C=O) groups is 2. The van der Waals surface area contributed by atoms with E-state index >= 15 is 0 Å². The maximum atomic E-state index is 11.5. The molecule has 0 unspecified atom stereocenters. The zero-order valence-corrected chi connectivity index (χ0v) is 10.5. The lowest BCUT2D eigenvalue weighted by Gasteiger charge is -2.15. The first-order chi connectivity index (χ1) is 8.04. The lowest BCUT2D eigenvalue weighted by Crippen LogP contribution is -2.34. The Morgan fingerprint density at radius 1 is 1.41 bits per heavy atom. The highest BCUT2D eigenvalue weighted by Crippen LogP contribution is 2.12. The predicted octanol–water partition coefficient (Wildman–Crippen LogP) is 1.86. The van der Waals surface area contributed by atoms with E-state index in [-0.39, 0.29) is 6.61 Å². The zero-order valence-electron chi connectivity index (χ0n) is 9.77. The molecule has 5 heteroatoms. The van der Waals surface area contributed by atoms with Crippen molar-refractivity contribution in [1.82, 2.24) is 4.90 Å². The first kappa shape index (κ1) is 13.5. The molecule has 1 aromatic carbocycles. The molecule has 0 atom stereocenters. The van der Waals surface area contributed by atoms with E-state index in [1.165, 1.54) is 4.90 Å². The highest BCUT2D eigenvalue weighted by Gasteiger charge is 2.19. The van der Waals surface area contributed by atoms with Crippen molar-refractivity contribution in [1.29, 1.82) is 0 Å². The van der Waals surface area contributed by atoms with Crippen LogP contribution in [0.25, 0.3) is 0 Å². The van der Waals surface area contributed by atoms with E-state index in [0.29, 0.717) is 11.6 Å². The Hall–Kier alpha value is -1.55. The number of hydrogen-bond acceptors (Lipinski definition) is 3. The van der Waals surface area contributed by atoms with Crippen molar-refractivity contribution >= 4 is 23.5 Å². The molecular formula is C12H14ClNO3. The van der Waals surface area contributed by atoms with Crippen molar-refractivity contribution in [2.75, 3.05) is 13.7 Å². The summed E-state index contributed by atoms with van der Waals surface area (Å²) in [5.41, 5.74) is 0.859. The molecule has 0 saturated heterocycles. The summed E-state index contributed by atoms with van der Waals surface area (Å²) < 4.78 is 4.63. The van der Waals surface area contributed by atoms with Gasteiger partial charge < -0.3 is 9.64 Å². The second-order valence-electron chi connectivity index (χ2n) is 3.51. The number of carbonyl (C=O) groups excluding carboxylic acids is 2. The number of esters is 1. The van der Waals surface area contributed by atoms with Crippen LogP contribution in [-0.2, 0) is 20.9 Å². The average Bonchev–Trinajstić information content (AvgIpc) is 2.28. The summed E-state index contributed by atoms with van der Waals surface area (Å²) in [7, 11) is 1.54. The molecule has 1 rings (SSSR count). The maximum Gasteiger partial charge on any atom is 0.397 e. The quantitative estimate of drug-likeness (QED) is 0.612. The van der Waals surface area contributed by atoms with Gasteiger partial charge >= 0.3 is 11.9 Å². The lowest BCUT2D eigenvalue weighted by molar-refractivity contribution is -0.159. The Bertz CT molecular complexity index is 420. The van der Waals surface area contributed by atoms with Crippen LogP contribution in [0.1, 0.15) is 12.5 Å². The number of nitrogens with zero attached hydrogens (tertiary/aromatic N) is 1. The largest absolute Gasteiger partial charge is 0.459 e. The second-order valence-corrected chi connectivity index (χ2v) is 3.95. The standard InChI is InChI=1S/C12H14ClNO3/c1-3-17-12(16)11(15)14(2)8-9-5-4-6-10(13)7-9/h4-7H,3,8H2,1-2H3. The fraction of sp³-hybridized carbons (Fsp3) is 0.333. The Kier molecular flexibility index (Phi) is 4.97. The third kappa shape index (κ3) is 4.07. The lowest BCUT2D eigenvalue weighted by atomic mass is 10.2. The predicted molar refractivity (Wildman–Crippen MR) is 64.6 cm³/mol. The summed E-state index contributed by atoms with van der Waals surface area (Å²) in [5.74, 6) is -1.50. The van der Waals surface area contributed by atoms with Crippen molar-refractivity contribution < 1.29 is 14.3 Å². The smallest absolute Gasteiger partial charge is 0.397 e. The molecule has 0 radical (unpaired) electrons. The molecule has 0 bridgehead atoms. The summed E-state index contributed by atoms with van der Waals surface area (Å²) >= 11 is 5.83. The SMILES string of the molecule is CCOC(=O)C(=O)N(C)Cc1cccc(Cl)c1. The first-order valence-corrected chi connectivity index (χ1v) is 5.59. The third-order valence-corrected chi connectivity index (χ3v) is 2.34. The van der Waals surface area contributed by atoms with Crippen LogP contribution < -0.4 is 0 Å². The van der Waals surface area contributed by atoms with Crippen LogP contribution in [0.3, 0.4) is 0 Å². The highest BCUT2D eigenvalue weighted by atomic mass is 35.5. The van der Waals surface area contributed by atoms with Crippen LogP contribution in [0.4, 0.5) is 0 Å². The zero-order chi connectivity index (χ0) is 12.8. The van der Waals surface area contributed by atoms with Crippen molar-refractivity contribution in [2.24, 2.45) is 0 Å². The summed E-state index contributed by atoms with van der Waals surface area (Å²) in [4.78, 5) is 24.0. The van der Waals surface area contributed by atoms with Gasteiger partial charge in [-0.2, -0.15) is 0 Å². The Morgan fingerprint density at radius 3 is 2.71 bits per heavy atom. The van der Waals surface area contributed by atoms with Crippen LogP contribution in [-0.4, -0.2) is 30.4 Å². The van der Waals surface area contributed by atoms with Gasteiger partial charge in [0.25, 0.3) is 0 Å². The molecule has 0 aliphatic carbocycles.